The van der Waals surface area contributed by atoms with Gasteiger partial charge in [-0.05, 0) is 45.4 Å². The number of benzene rings is 2. The summed E-state index contributed by atoms with van der Waals surface area (Å²) in [5.74, 6) is 0. The van der Waals surface area contributed by atoms with Crippen molar-refractivity contribution in [1.29, 1.82) is 0 Å². The molecule has 0 spiro atoms. The minimum absolute atomic E-state index is 0.309. The van der Waals surface area contributed by atoms with Crippen LogP contribution < -0.4 is 10.3 Å². The Morgan fingerprint density at radius 3 is 2.63 bits per heavy atom. The van der Waals surface area contributed by atoms with Crippen LogP contribution in [0.4, 0.5) is 5.69 Å². The fourth-order valence-corrected chi connectivity index (χ4v) is 4.87. The summed E-state index contributed by atoms with van der Waals surface area (Å²) in [5, 5.41) is 12.8. The topological polar surface area (TPSA) is 97.0 Å². The van der Waals surface area contributed by atoms with Gasteiger partial charge in [0.15, 0.2) is 0 Å². The Morgan fingerprint density at radius 2 is 1.94 bits per heavy atom. The zero-order valence-electron chi connectivity index (χ0n) is 20.0. The number of hydrogen-bond acceptors (Lipinski definition) is 4. The summed E-state index contributed by atoms with van der Waals surface area (Å²) < 4.78 is 17.0. The van der Waals surface area contributed by atoms with Gasteiger partial charge in [0.1, 0.15) is 0 Å². The maximum Gasteiger partial charge on any atom is 0.272 e. The highest BCUT2D eigenvalue weighted by molar-refractivity contribution is 7.84. The molecule has 4 aromatic rings. The molecule has 0 saturated heterocycles. The molecular weight excluding hydrogens is 484 g/mol. The number of aromatic nitrogens is 4. The summed E-state index contributed by atoms with van der Waals surface area (Å²) >= 11 is 6.30. The van der Waals surface area contributed by atoms with Crippen LogP contribution in [0.5, 0.6) is 0 Å². The van der Waals surface area contributed by atoms with E-state index >= 15 is 0 Å². The predicted octanol–water partition coefficient (Wildman–Crippen LogP) is 5.31. The molecular formula is C25H25ClN6O2S. The van der Waals surface area contributed by atoms with Gasteiger partial charge >= 0.3 is 0 Å². The minimum Gasteiger partial charge on any atom is -0.269 e. The van der Waals surface area contributed by atoms with Gasteiger partial charge in [-0.2, -0.15) is 10.2 Å². The molecule has 2 unspecified atom stereocenters. The Bertz CT molecular complexity index is 1560. The van der Waals surface area contributed by atoms with E-state index in [9.17, 15) is 9.00 Å². The number of para-hydroxylation sites is 1. The zero-order valence-corrected chi connectivity index (χ0v) is 21.6. The highest BCUT2D eigenvalue weighted by atomic mass is 35.5. The maximum absolute atomic E-state index is 12.7. The van der Waals surface area contributed by atoms with Gasteiger partial charge in [-0.3, -0.25) is 9.48 Å². The van der Waals surface area contributed by atoms with Gasteiger partial charge in [0, 0.05) is 28.6 Å². The summed E-state index contributed by atoms with van der Waals surface area (Å²) in [6.07, 6.45) is 1.72. The SMILES string of the molecule is [C-]#[N+]c1c(Cl)cccc1-c1c(-c2ccc3c(=O)[nH]nc(C(C)NS(=O)C(C)(C)C)c3c2)cnn1C. The maximum atomic E-state index is 12.7. The van der Waals surface area contributed by atoms with Crippen molar-refractivity contribution in [3.8, 4) is 22.4 Å². The second-order valence-electron chi connectivity index (χ2n) is 9.20. The molecule has 2 heterocycles. The van der Waals surface area contributed by atoms with Crippen molar-refractivity contribution in [2.45, 2.75) is 38.5 Å². The molecule has 0 saturated carbocycles. The second kappa shape index (κ2) is 9.38. The molecule has 10 heteroatoms. The fraction of sp³-hybridized carbons (Fsp3) is 0.280. The van der Waals surface area contributed by atoms with E-state index in [4.69, 9.17) is 18.2 Å². The van der Waals surface area contributed by atoms with Crippen LogP contribution in [-0.4, -0.2) is 28.9 Å². The normalized spacial score (nSPS) is 13.5. The number of fused-ring (bicyclic) bond motifs is 1. The van der Waals surface area contributed by atoms with E-state index in [2.05, 4.69) is 24.9 Å². The van der Waals surface area contributed by atoms with Crippen molar-refractivity contribution in [3.63, 3.8) is 0 Å². The van der Waals surface area contributed by atoms with Crippen LogP contribution >= 0.6 is 11.6 Å². The summed E-state index contributed by atoms with van der Waals surface area (Å²) in [6, 6.07) is 10.4. The van der Waals surface area contributed by atoms with E-state index in [1.807, 2.05) is 45.9 Å². The summed E-state index contributed by atoms with van der Waals surface area (Å²) in [4.78, 5) is 16.2. The molecule has 4 rings (SSSR count). The molecule has 0 aliphatic heterocycles. The number of nitrogens with zero attached hydrogens (tertiary/aromatic N) is 4. The smallest absolute Gasteiger partial charge is 0.269 e. The van der Waals surface area contributed by atoms with Crippen molar-refractivity contribution >= 4 is 39.0 Å². The van der Waals surface area contributed by atoms with Crippen LogP contribution in [0, 0.1) is 6.57 Å². The number of hydrogen-bond donors (Lipinski definition) is 2. The van der Waals surface area contributed by atoms with Gasteiger partial charge in [-0.25, -0.2) is 18.9 Å². The first kappa shape index (κ1) is 24.8. The Labute approximate surface area is 210 Å². The van der Waals surface area contributed by atoms with Crippen LogP contribution in [0.1, 0.15) is 39.4 Å². The van der Waals surface area contributed by atoms with Crippen LogP contribution in [-0.2, 0) is 18.0 Å². The number of aryl methyl sites for hydroxylation is 1. The van der Waals surface area contributed by atoms with Crippen molar-refractivity contribution in [2.24, 2.45) is 7.05 Å². The first-order valence-corrected chi connectivity index (χ1v) is 12.4. The number of nitrogens with one attached hydrogen (secondary N) is 2. The average molecular weight is 509 g/mol. The Kier molecular flexibility index (Phi) is 6.64. The number of H-pyrrole nitrogens is 1. The Morgan fingerprint density at radius 1 is 1.20 bits per heavy atom. The van der Waals surface area contributed by atoms with E-state index in [1.165, 1.54) is 0 Å². The third-order valence-corrected chi connectivity index (χ3v) is 7.66. The predicted molar refractivity (Wildman–Crippen MR) is 141 cm³/mol. The van der Waals surface area contributed by atoms with Crippen LogP contribution in [0.25, 0.3) is 38.0 Å². The molecule has 2 aromatic carbocycles. The van der Waals surface area contributed by atoms with Crippen molar-refractivity contribution in [2.75, 3.05) is 0 Å². The minimum atomic E-state index is -1.32. The molecule has 0 aliphatic carbocycles. The van der Waals surface area contributed by atoms with E-state index in [0.29, 0.717) is 32.7 Å². The summed E-state index contributed by atoms with van der Waals surface area (Å²) in [7, 11) is 0.481. The van der Waals surface area contributed by atoms with Gasteiger partial charge in [-0.1, -0.05) is 35.9 Å². The number of rotatable bonds is 5. The van der Waals surface area contributed by atoms with E-state index in [1.54, 1.807) is 36.1 Å². The van der Waals surface area contributed by atoms with Crippen LogP contribution in [0.15, 0.2) is 47.4 Å². The van der Waals surface area contributed by atoms with Gasteiger partial charge in [-0.15, -0.1) is 0 Å². The molecule has 35 heavy (non-hydrogen) atoms. The molecule has 0 aliphatic rings. The van der Waals surface area contributed by atoms with Crippen molar-refractivity contribution in [1.82, 2.24) is 24.7 Å². The zero-order chi connectivity index (χ0) is 25.5. The van der Waals surface area contributed by atoms with Crippen molar-refractivity contribution in [3.05, 3.63) is 75.1 Å². The molecule has 0 amide bonds. The lowest BCUT2D eigenvalue weighted by Crippen LogP contribution is -2.35. The number of aromatic amines is 1. The Hall–Kier alpha value is -3.32. The second-order valence-corrected chi connectivity index (χ2v) is 11.6. The first-order chi connectivity index (χ1) is 16.5. The molecule has 8 nitrogen and oxygen atoms in total. The standard InChI is InChI=1S/C25H25ClN6O2S/c1-14(31-35(34)25(2,3)4)21-18-12-15(10-11-16(18)24(33)30-29-21)19-13-28-32(6)23(19)17-8-7-9-20(26)22(17)27-5/h7-14,31H,1-4,6H3,(H,30,33). The highest BCUT2D eigenvalue weighted by Gasteiger charge is 2.24. The van der Waals surface area contributed by atoms with Crippen LogP contribution in [0.2, 0.25) is 5.02 Å². The van der Waals surface area contributed by atoms with E-state index in [-0.39, 0.29) is 11.6 Å². The quantitative estimate of drug-likeness (QED) is 0.357. The highest BCUT2D eigenvalue weighted by Crippen LogP contribution is 2.41. The summed E-state index contributed by atoms with van der Waals surface area (Å²) in [6.45, 7) is 15.1. The lowest BCUT2D eigenvalue weighted by molar-refractivity contribution is 0.610. The third kappa shape index (κ3) is 4.65. The molecule has 0 radical (unpaired) electrons. The molecule has 0 bridgehead atoms. The average Bonchev–Trinajstić information content (AvgIpc) is 3.19. The van der Waals surface area contributed by atoms with Gasteiger partial charge < -0.3 is 0 Å². The Balaban J connectivity index is 1.89. The van der Waals surface area contributed by atoms with E-state index in [0.717, 1.165) is 16.8 Å². The van der Waals surface area contributed by atoms with Crippen LogP contribution in [0.3, 0.4) is 0 Å². The lowest BCUT2D eigenvalue weighted by atomic mass is 9.97. The van der Waals surface area contributed by atoms with Crippen molar-refractivity contribution < 1.29 is 4.21 Å². The fourth-order valence-electron chi connectivity index (χ4n) is 3.86. The molecule has 0 fully saturated rings. The monoisotopic (exact) mass is 508 g/mol. The first-order valence-electron chi connectivity index (χ1n) is 10.9. The molecule has 2 N–H and O–H groups in total. The summed E-state index contributed by atoms with van der Waals surface area (Å²) in [5.41, 5.74) is 3.60. The number of halogens is 1. The van der Waals surface area contributed by atoms with Gasteiger partial charge in [0.05, 0.1) is 51.3 Å². The molecule has 2 atom stereocenters. The lowest BCUT2D eigenvalue weighted by Gasteiger charge is -2.22. The van der Waals surface area contributed by atoms with E-state index < -0.39 is 15.7 Å². The molecule has 2 aromatic heterocycles. The van der Waals surface area contributed by atoms with Gasteiger partial charge in [0.25, 0.3) is 5.56 Å². The largest absolute Gasteiger partial charge is 0.272 e. The van der Waals surface area contributed by atoms with Gasteiger partial charge in [0.2, 0.25) is 5.69 Å². The molecule has 180 valence electrons. The third-order valence-electron chi connectivity index (χ3n) is 5.67.